The quantitative estimate of drug-likeness (QED) is 0.728. The van der Waals surface area contributed by atoms with Crippen LogP contribution in [0.3, 0.4) is 0 Å². The maximum absolute atomic E-state index is 5.05. The normalized spacial score (nSPS) is 9.82. The molecule has 1 rings (SSSR count). The average Bonchev–Trinajstić information content (AvgIpc) is 1.85. The fourth-order valence-electron chi connectivity index (χ4n) is 0.627. The Morgan fingerprint density at radius 2 is 2.00 bits per heavy atom. The summed E-state index contributed by atoms with van der Waals surface area (Å²) in [5, 5.41) is 0. The van der Waals surface area contributed by atoms with Crippen LogP contribution >= 0.6 is 47.8 Å². The minimum absolute atomic E-state index is 0.682. The molecule has 0 saturated heterocycles. The number of aromatic nitrogens is 1. The highest BCUT2D eigenvalue weighted by atomic mass is 79.9. The van der Waals surface area contributed by atoms with Crippen LogP contribution in [0.1, 0.15) is 0 Å². The Balaban J connectivity index is 3.25. The highest BCUT2D eigenvalue weighted by Gasteiger charge is 2.07. The van der Waals surface area contributed by atoms with E-state index in [2.05, 4.69) is 52.8 Å². The van der Waals surface area contributed by atoms with Gasteiger partial charge in [-0.2, -0.15) is 0 Å². The molecule has 0 radical (unpaired) electrons. The van der Waals surface area contributed by atoms with Gasteiger partial charge in [-0.1, -0.05) is 0 Å². The first-order valence-electron chi connectivity index (χ1n) is 2.70. The summed E-state index contributed by atoms with van der Waals surface area (Å²) in [6.45, 7) is 0. The molecular formula is C6H4Br3NO. The second-order valence-electron chi connectivity index (χ2n) is 1.75. The lowest BCUT2D eigenvalue weighted by Gasteiger charge is -2.04. The molecule has 0 amide bonds. The third-order valence-electron chi connectivity index (χ3n) is 1.06. The zero-order valence-corrected chi connectivity index (χ0v) is 10.3. The van der Waals surface area contributed by atoms with Crippen LogP contribution in [-0.2, 0) is 0 Å². The number of ether oxygens (including phenoxy) is 1. The van der Waals surface area contributed by atoms with E-state index in [0.717, 1.165) is 9.08 Å². The van der Waals surface area contributed by atoms with Crippen LogP contribution in [0.2, 0.25) is 0 Å². The second kappa shape index (κ2) is 3.87. The lowest BCUT2D eigenvalue weighted by Crippen LogP contribution is -1.88. The Labute approximate surface area is 89.7 Å². The molecule has 0 bridgehead atoms. The van der Waals surface area contributed by atoms with Crippen LogP contribution in [-0.4, -0.2) is 12.1 Å². The Morgan fingerprint density at radius 3 is 2.45 bits per heavy atom. The third kappa shape index (κ3) is 2.16. The third-order valence-corrected chi connectivity index (χ3v) is 2.59. The van der Waals surface area contributed by atoms with Crippen LogP contribution in [0, 0.1) is 0 Å². The summed E-state index contributed by atoms with van der Waals surface area (Å²) < 4.78 is 7.37. The van der Waals surface area contributed by atoms with Gasteiger partial charge >= 0.3 is 0 Å². The molecule has 0 N–H and O–H groups in total. The first-order valence-corrected chi connectivity index (χ1v) is 5.08. The summed E-state index contributed by atoms with van der Waals surface area (Å²) in [6, 6.07) is 1.82. The van der Waals surface area contributed by atoms with E-state index in [1.165, 1.54) is 0 Å². The first-order chi connectivity index (χ1) is 5.15. The molecule has 0 unspecified atom stereocenters. The molecule has 0 aliphatic carbocycles. The highest BCUT2D eigenvalue weighted by molar-refractivity contribution is 9.11. The summed E-state index contributed by atoms with van der Waals surface area (Å²) >= 11 is 9.84. The van der Waals surface area contributed by atoms with Crippen LogP contribution in [0.4, 0.5) is 0 Å². The van der Waals surface area contributed by atoms with E-state index in [9.17, 15) is 0 Å². The SMILES string of the molecule is COc1c(Br)cc(Br)nc1Br. The molecule has 11 heavy (non-hydrogen) atoms. The minimum Gasteiger partial charge on any atom is -0.493 e. The lowest BCUT2D eigenvalue weighted by molar-refractivity contribution is 0.407. The van der Waals surface area contributed by atoms with Crippen LogP contribution in [0.15, 0.2) is 19.7 Å². The van der Waals surface area contributed by atoms with E-state index in [4.69, 9.17) is 4.74 Å². The smallest absolute Gasteiger partial charge is 0.165 e. The predicted octanol–water partition coefficient (Wildman–Crippen LogP) is 3.38. The van der Waals surface area contributed by atoms with Gasteiger partial charge in [0.15, 0.2) is 5.75 Å². The van der Waals surface area contributed by atoms with Gasteiger partial charge in [0.05, 0.1) is 11.6 Å². The maximum Gasteiger partial charge on any atom is 0.165 e. The first kappa shape index (κ1) is 9.48. The van der Waals surface area contributed by atoms with E-state index in [1.54, 1.807) is 7.11 Å². The molecule has 0 fully saturated rings. The van der Waals surface area contributed by atoms with Crippen molar-refractivity contribution in [1.82, 2.24) is 4.98 Å². The van der Waals surface area contributed by atoms with Gasteiger partial charge in [0, 0.05) is 0 Å². The van der Waals surface area contributed by atoms with Crippen molar-refractivity contribution in [3.63, 3.8) is 0 Å². The number of halogens is 3. The van der Waals surface area contributed by atoms with Gasteiger partial charge in [0.1, 0.15) is 9.21 Å². The average molecular weight is 346 g/mol. The molecule has 60 valence electrons. The van der Waals surface area contributed by atoms with E-state index in [0.29, 0.717) is 10.4 Å². The van der Waals surface area contributed by atoms with Gasteiger partial charge in [0.25, 0.3) is 0 Å². The van der Waals surface area contributed by atoms with Crippen molar-refractivity contribution in [3.8, 4) is 5.75 Å². The molecule has 1 aromatic heterocycles. The van der Waals surface area contributed by atoms with E-state index >= 15 is 0 Å². The summed E-state index contributed by atoms with van der Waals surface area (Å²) in [6.07, 6.45) is 0. The van der Waals surface area contributed by atoms with Crippen molar-refractivity contribution in [1.29, 1.82) is 0 Å². The van der Waals surface area contributed by atoms with Gasteiger partial charge in [-0.3, -0.25) is 0 Å². The summed E-state index contributed by atoms with van der Waals surface area (Å²) in [4.78, 5) is 4.08. The Morgan fingerprint density at radius 1 is 1.36 bits per heavy atom. The Hall–Kier alpha value is 0.390. The molecule has 0 spiro atoms. The molecule has 0 saturated carbocycles. The van der Waals surface area contributed by atoms with Crippen LogP contribution in [0.5, 0.6) is 5.75 Å². The van der Waals surface area contributed by atoms with E-state index in [1.807, 2.05) is 6.07 Å². The standard InChI is InChI=1S/C6H4Br3NO/c1-11-5-3(7)2-4(8)10-6(5)9/h2H,1H3. The highest BCUT2D eigenvalue weighted by Crippen LogP contribution is 2.33. The monoisotopic (exact) mass is 343 g/mol. The number of hydrogen-bond acceptors (Lipinski definition) is 2. The Kier molecular flexibility index (Phi) is 3.33. The summed E-state index contributed by atoms with van der Waals surface area (Å²) in [5.41, 5.74) is 0. The summed E-state index contributed by atoms with van der Waals surface area (Å²) in [5.74, 6) is 0.702. The van der Waals surface area contributed by atoms with Crippen molar-refractivity contribution in [2.75, 3.05) is 7.11 Å². The van der Waals surface area contributed by atoms with Crippen molar-refractivity contribution < 1.29 is 4.74 Å². The van der Waals surface area contributed by atoms with Crippen molar-refractivity contribution in [2.24, 2.45) is 0 Å². The fraction of sp³-hybridized carbons (Fsp3) is 0.167. The maximum atomic E-state index is 5.05. The molecule has 1 aromatic rings. The molecule has 5 heteroatoms. The lowest BCUT2D eigenvalue weighted by atomic mass is 10.5. The Bertz CT molecular complexity index is 254. The molecule has 0 atom stereocenters. The number of nitrogens with zero attached hydrogens (tertiary/aromatic N) is 1. The zero-order chi connectivity index (χ0) is 8.43. The number of methoxy groups -OCH3 is 1. The number of pyridine rings is 1. The molecule has 0 aliphatic heterocycles. The predicted molar refractivity (Wildman–Crippen MR) is 53.9 cm³/mol. The van der Waals surface area contributed by atoms with Crippen molar-refractivity contribution in [2.45, 2.75) is 0 Å². The summed E-state index contributed by atoms with van der Waals surface area (Å²) in [7, 11) is 1.60. The van der Waals surface area contributed by atoms with Gasteiger partial charge < -0.3 is 4.74 Å². The van der Waals surface area contributed by atoms with Gasteiger partial charge in [-0.25, -0.2) is 4.98 Å². The molecular weight excluding hydrogens is 342 g/mol. The van der Waals surface area contributed by atoms with Gasteiger partial charge in [-0.15, -0.1) is 0 Å². The fourth-order valence-corrected chi connectivity index (χ4v) is 2.98. The molecule has 0 aliphatic rings. The van der Waals surface area contributed by atoms with Crippen LogP contribution < -0.4 is 4.74 Å². The van der Waals surface area contributed by atoms with Crippen LogP contribution in [0.25, 0.3) is 0 Å². The number of hydrogen-bond donors (Lipinski definition) is 0. The largest absolute Gasteiger partial charge is 0.493 e. The number of rotatable bonds is 1. The van der Waals surface area contributed by atoms with E-state index in [-0.39, 0.29) is 0 Å². The van der Waals surface area contributed by atoms with Crippen molar-refractivity contribution in [3.05, 3.63) is 19.7 Å². The minimum atomic E-state index is 0.682. The van der Waals surface area contributed by atoms with E-state index < -0.39 is 0 Å². The van der Waals surface area contributed by atoms with Gasteiger partial charge in [-0.05, 0) is 53.9 Å². The molecule has 0 aromatic carbocycles. The molecule has 2 nitrogen and oxygen atoms in total. The van der Waals surface area contributed by atoms with Crippen molar-refractivity contribution >= 4 is 47.8 Å². The van der Waals surface area contributed by atoms with Gasteiger partial charge in [0.2, 0.25) is 0 Å². The topological polar surface area (TPSA) is 22.1 Å². The molecule has 1 heterocycles. The second-order valence-corrected chi connectivity index (χ2v) is 4.17. The zero-order valence-electron chi connectivity index (χ0n) is 5.57.